The molecule has 1 N–H and O–H groups in total. The third-order valence-electron chi connectivity index (χ3n) is 2.05. The van der Waals surface area contributed by atoms with Crippen molar-refractivity contribution in [3.8, 4) is 0 Å². The monoisotopic (exact) mass is 245 g/mol. The molecule has 0 saturated carbocycles. The molecule has 0 bridgehead atoms. The number of carbonyl (C=O) groups excluding carboxylic acids is 2. The van der Waals surface area contributed by atoms with Crippen LogP contribution >= 0.6 is 22.9 Å². The maximum absolute atomic E-state index is 10.8. The van der Waals surface area contributed by atoms with Gasteiger partial charge in [0.15, 0.2) is 0 Å². The molecule has 1 aromatic heterocycles. The van der Waals surface area contributed by atoms with Gasteiger partial charge in [-0.2, -0.15) is 0 Å². The molecule has 1 heterocycles. The Balaban J connectivity index is 2.66. The number of amides is 1. The summed E-state index contributed by atoms with van der Waals surface area (Å²) >= 11 is 7.31. The minimum absolute atomic E-state index is 0.212. The molecule has 0 radical (unpaired) electrons. The molecule has 0 saturated heterocycles. The summed E-state index contributed by atoms with van der Waals surface area (Å²) in [6.07, 6.45) is 0.275. The van der Waals surface area contributed by atoms with Crippen LogP contribution in [0.5, 0.6) is 0 Å². The van der Waals surface area contributed by atoms with E-state index in [-0.39, 0.29) is 11.7 Å². The van der Waals surface area contributed by atoms with E-state index in [0.717, 1.165) is 9.21 Å². The van der Waals surface area contributed by atoms with Crippen LogP contribution in [0.2, 0.25) is 4.34 Å². The van der Waals surface area contributed by atoms with Crippen molar-refractivity contribution in [1.29, 1.82) is 0 Å². The Hall–Kier alpha value is -0.870. The summed E-state index contributed by atoms with van der Waals surface area (Å²) in [4.78, 5) is 22.0. The van der Waals surface area contributed by atoms with E-state index in [1.807, 2.05) is 26.0 Å². The van der Waals surface area contributed by atoms with E-state index in [4.69, 9.17) is 11.6 Å². The molecule has 1 amide bonds. The van der Waals surface area contributed by atoms with Crippen LogP contribution < -0.4 is 5.32 Å². The lowest BCUT2D eigenvalue weighted by molar-refractivity contribution is -0.131. The van der Waals surface area contributed by atoms with E-state index < -0.39 is 5.91 Å². The smallest absolute Gasteiger partial charge is 0.284 e. The average molecular weight is 246 g/mol. The van der Waals surface area contributed by atoms with Crippen molar-refractivity contribution in [1.82, 2.24) is 5.32 Å². The molecule has 0 fully saturated rings. The quantitative estimate of drug-likeness (QED) is 0.652. The molecule has 0 spiro atoms. The largest absolute Gasteiger partial charge is 0.349 e. The first-order valence-corrected chi connectivity index (χ1v) is 5.64. The van der Waals surface area contributed by atoms with Gasteiger partial charge >= 0.3 is 0 Å². The minimum atomic E-state index is -0.592. The summed E-state index contributed by atoms with van der Waals surface area (Å²) in [6, 6.07) is 3.75. The van der Waals surface area contributed by atoms with E-state index in [1.54, 1.807) is 0 Å². The highest BCUT2D eigenvalue weighted by molar-refractivity contribution is 7.16. The van der Waals surface area contributed by atoms with Gasteiger partial charge in [-0.05, 0) is 12.1 Å². The molecule has 0 atom stereocenters. The predicted octanol–water partition coefficient (Wildman–Crippen LogP) is 1.99. The Morgan fingerprint density at radius 1 is 1.60 bits per heavy atom. The van der Waals surface area contributed by atoms with Gasteiger partial charge in [0.05, 0.1) is 4.34 Å². The second kappa shape index (κ2) is 4.77. The number of nitrogens with one attached hydrogen (secondary N) is 1. The fourth-order valence-electron chi connectivity index (χ4n) is 1.11. The van der Waals surface area contributed by atoms with E-state index in [9.17, 15) is 9.59 Å². The lowest BCUT2D eigenvalue weighted by Crippen LogP contribution is -2.36. The van der Waals surface area contributed by atoms with Crippen LogP contribution in [0.3, 0.4) is 0 Å². The maximum atomic E-state index is 10.8. The van der Waals surface area contributed by atoms with Crippen LogP contribution in [-0.2, 0) is 15.0 Å². The van der Waals surface area contributed by atoms with Crippen molar-refractivity contribution in [3.05, 3.63) is 21.3 Å². The fourth-order valence-corrected chi connectivity index (χ4v) is 2.26. The van der Waals surface area contributed by atoms with Gasteiger partial charge in [-0.15, -0.1) is 11.3 Å². The second-order valence-electron chi connectivity index (χ2n) is 3.82. The molecule has 0 aliphatic rings. The number of halogens is 1. The van der Waals surface area contributed by atoms with Crippen LogP contribution in [0.15, 0.2) is 12.1 Å². The van der Waals surface area contributed by atoms with Gasteiger partial charge in [-0.25, -0.2) is 0 Å². The Kier molecular flexibility index (Phi) is 3.88. The Morgan fingerprint density at radius 3 is 2.73 bits per heavy atom. The Morgan fingerprint density at radius 2 is 2.27 bits per heavy atom. The van der Waals surface area contributed by atoms with Gasteiger partial charge in [-0.3, -0.25) is 9.59 Å². The zero-order valence-corrected chi connectivity index (χ0v) is 10.1. The van der Waals surface area contributed by atoms with Crippen molar-refractivity contribution in [3.63, 3.8) is 0 Å². The van der Waals surface area contributed by atoms with Gasteiger partial charge in [0.2, 0.25) is 6.29 Å². The third-order valence-corrected chi connectivity index (χ3v) is 3.65. The summed E-state index contributed by atoms with van der Waals surface area (Å²) < 4.78 is 0.722. The molecule has 0 aromatic carbocycles. The molecular weight excluding hydrogens is 234 g/mol. The van der Waals surface area contributed by atoms with E-state index >= 15 is 0 Å². The van der Waals surface area contributed by atoms with E-state index in [0.29, 0.717) is 6.54 Å². The van der Waals surface area contributed by atoms with Crippen molar-refractivity contribution in [2.75, 3.05) is 6.54 Å². The van der Waals surface area contributed by atoms with Gasteiger partial charge < -0.3 is 5.32 Å². The second-order valence-corrected chi connectivity index (χ2v) is 5.54. The molecule has 15 heavy (non-hydrogen) atoms. The van der Waals surface area contributed by atoms with Gasteiger partial charge in [0.25, 0.3) is 5.91 Å². The molecule has 0 unspecified atom stereocenters. The van der Waals surface area contributed by atoms with Crippen LogP contribution in [0, 0.1) is 0 Å². The Bertz CT molecular complexity index is 373. The highest BCUT2D eigenvalue weighted by Crippen LogP contribution is 2.31. The van der Waals surface area contributed by atoms with Crippen LogP contribution in [0.4, 0.5) is 0 Å². The molecule has 0 aliphatic carbocycles. The third kappa shape index (κ3) is 3.32. The average Bonchev–Trinajstić information content (AvgIpc) is 2.62. The highest BCUT2D eigenvalue weighted by atomic mass is 35.5. The first-order chi connectivity index (χ1) is 6.95. The van der Waals surface area contributed by atoms with Gasteiger partial charge in [-0.1, -0.05) is 25.4 Å². The van der Waals surface area contributed by atoms with Gasteiger partial charge in [0, 0.05) is 16.8 Å². The fraction of sp³-hybridized carbons (Fsp3) is 0.400. The van der Waals surface area contributed by atoms with Crippen molar-refractivity contribution in [2.24, 2.45) is 0 Å². The zero-order chi connectivity index (χ0) is 11.5. The first kappa shape index (κ1) is 12.2. The Labute approximate surface area is 97.4 Å². The molecular formula is C10H12ClNO2S. The van der Waals surface area contributed by atoms with E-state index in [2.05, 4.69) is 5.32 Å². The molecule has 5 heteroatoms. The number of carbonyl (C=O) groups is 2. The number of rotatable bonds is 4. The molecule has 3 nitrogen and oxygen atoms in total. The minimum Gasteiger partial charge on any atom is -0.349 e. The zero-order valence-electron chi connectivity index (χ0n) is 8.54. The van der Waals surface area contributed by atoms with Crippen LogP contribution in [-0.4, -0.2) is 18.7 Å². The van der Waals surface area contributed by atoms with Crippen molar-refractivity contribution >= 4 is 35.1 Å². The number of aldehydes is 1. The standard InChI is InChI=1S/C10H12ClNO2S/c1-10(2,6-12-9(14)5-13)7-3-4-8(11)15-7/h3-5H,6H2,1-2H3,(H,12,14). The first-order valence-electron chi connectivity index (χ1n) is 4.44. The number of hydrogen-bond acceptors (Lipinski definition) is 3. The predicted molar refractivity (Wildman–Crippen MR) is 61.4 cm³/mol. The molecule has 82 valence electrons. The summed E-state index contributed by atoms with van der Waals surface area (Å²) in [5, 5.41) is 2.54. The summed E-state index contributed by atoms with van der Waals surface area (Å²) in [7, 11) is 0. The lowest BCUT2D eigenvalue weighted by Gasteiger charge is -2.22. The van der Waals surface area contributed by atoms with Crippen molar-refractivity contribution in [2.45, 2.75) is 19.3 Å². The molecule has 1 rings (SSSR count). The topological polar surface area (TPSA) is 46.2 Å². The van der Waals surface area contributed by atoms with E-state index in [1.165, 1.54) is 11.3 Å². The SMILES string of the molecule is CC(C)(CNC(=O)C=O)c1ccc(Cl)s1. The number of thiophene rings is 1. The summed E-state index contributed by atoms with van der Waals surface area (Å²) in [5.74, 6) is -0.592. The summed E-state index contributed by atoms with van der Waals surface area (Å²) in [5.41, 5.74) is -0.212. The molecule has 1 aromatic rings. The maximum Gasteiger partial charge on any atom is 0.284 e. The molecule has 0 aliphatic heterocycles. The lowest BCUT2D eigenvalue weighted by atomic mass is 9.91. The van der Waals surface area contributed by atoms with Gasteiger partial charge in [0.1, 0.15) is 0 Å². The highest BCUT2D eigenvalue weighted by Gasteiger charge is 2.23. The normalized spacial score (nSPS) is 11.1. The van der Waals surface area contributed by atoms with Crippen LogP contribution in [0.25, 0.3) is 0 Å². The van der Waals surface area contributed by atoms with Crippen LogP contribution in [0.1, 0.15) is 18.7 Å². The number of hydrogen-bond donors (Lipinski definition) is 1. The summed E-state index contributed by atoms with van der Waals surface area (Å²) in [6.45, 7) is 4.39. The van der Waals surface area contributed by atoms with Crippen molar-refractivity contribution < 1.29 is 9.59 Å².